The van der Waals surface area contributed by atoms with Crippen molar-refractivity contribution < 1.29 is 36.8 Å². The van der Waals surface area contributed by atoms with E-state index >= 15 is 0 Å². The van der Waals surface area contributed by atoms with Gasteiger partial charge in [-0.1, -0.05) is 12.1 Å². The topological polar surface area (TPSA) is 114 Å². The van der Waals surface area contributed by atoms with Gasteiger partial charge in [-0.25, -0.2) is 18.4 Å². The molecule has 0 saturated heterocycles. The number of rotatable bonds is 10. The molecule has 224 valence electrons. The summed E-state index contributed by atoms with van der Waals surface area (Å²) < 4.78 is 60.1. The zero-order chi connectivity index (χ0) is 31.0. The van der Waals surface area contributed by atoms with E-state index in [0.29, 0.717) is 45.5 Å². The molecule has 43 heavy (non-hydrogen) atoms. The normalized spacial score (nSPS) is 12.0. The van der Waals surface area contributed by atoms with Crippen LogP contribution in [0.4, 0.5) is 11.4 Å². The molecule has 4 rings (SSSR count). The third-order valence-corrected chi connectivity index (χ3v) is 8.13. The number of benzene rings is 4. The first-order valence-corrected chi connectivity index (χ1v) is 14.4. The molecule has 0 fully saturated rings. The highest BCUT2D eigenvalue weighted by molar-refractivity contribution is 7.91. The van der Waals surface area contributed by atoms with Gasteiger partial charge in [0.05, 0.1) is 75.0 Å². The van der Waals surface area contributed by atoms with Gasteiger partial charge in [0.2, 0.25) is 21.6 Å². The van der Waals surface area contributed by atoms with Gasteiger partial charge in [-0.05, 0) is 72.8 Å². The van der Waals surface area contributed by atoms with E-state index in [0.717, 1.165) is 0 Å². The maximum absolute atomic E-state index is 13.7. The van der Waals surface area contributed by atoms with E-state index in [1.807, 2.05) is 0 Å². The van der Waals surface area contributed by atoms with Gasteiger partial charge in [0.1, 0.15) is 23.0 Å². The van der Waals surface area contributed by atoms with Gasteiger partial charge in [0.25, 0.3) is 0 Å². The fourth-order valence-electron chi connectivity index (χ4n) is 4.21. The van der Waals surface area contributed by atoms with Crippen LogP contribution in [0.3, 0.4) is 0 Å². The van der Waals surface area contributed by atoms with Crippen LogP contribution < -0.4 is 18.9 Å². The van der Waals surface area contributed by atoms with Crippen LogP contribution in [0.1, 0.15) is 11.1 Å². The Labute approximate surface area is 251 Å². The van der Waals surface area contributed by atoms with Crippen molar-refractivity contribution in [1.29, 1.82) is 0 Å². The summed E-state index contributed by atoms with van der Waals surface area (Å²) in [6, 6.07) is 23.0. The Morgan fingerprint density at radius 1 is 0.535 bits per heavy atom. The Kier molecular flexibility index (Phi) is 9.89. The van der Waals surface area contributed by atoms with Crippen molar-refractivity contribution in [2.75, 3.05) is 42.7 Å². The van der Waals surface area contributed by atoms with E-state index in [1.54, 1.807) is 74.9 Å². The second kappa shape index (κ2) is 13.8. The first-order valence-electron chi connectivity index (χ1n) is 12.9. The van der Waals surface area contributed by atoms with Crippen molar-refractivity contribution in [2.24, 2.45) is 9.98 Å². The Balaban J connectivity index is 1.72. The minimum Gasteiger partial charge on any atom is -0.497 e. The van der Waals surface area contributed by atoms with Crippen molar-refractivity contribution in [3.63, 3.8) is 0 Å². The molecule has 4 aromatic carbocycles. The zero-order valence-electron chi connectivity index (χ0n) is 24.7. The molecule has 0 amide bonds. The minimum atomic E-state index is -3.95. The SMILES string of the molecule is CO/C(=N\c1cccc(S(=O)(=O)c2cccc(/N=C(\OC)c3cc(OC)ccc3OC)c2)c1)c1cc(OC)ccc1OC. The lowest BCUT2D eigenvalue weighted by atomic mass is 10.2. The highest BCUT2D eigenvalue weighted by Crippen LogP contribution is 2.31. The van der Waals surface area contributed by atoms with Gasteiger partial charge < -0.3 is 28.4 Å². The minimum absolute atomic E-state index is 0.0457. The van der Waals surface area contributed by atoms with Crippen molar-refractivity contribution in [3.05, 3.63) is 96.1 Å². The molecule has 0 aliphatic carbocycles. The van der Waals surface area contributed by atoms with Crippen molar-refractivity contribution >= 4 is 33.0 Å². The summed E-state index contributed by atoms with van der Waals surface area (Å²) in [5, 5.41) is 0. The van der Waals surface area contributed by atoms with Gasteiger partial charge >= 0.3 is 0 Å². The zero-order valence-corrected chi connectivity index (χ0v) is 25.5. The number of methoxy groups -OCH3 is 6. The molecule has 10 nitrogen and oxygen atoms in total. The Morgan fingerprint density at radius 2 is 0.953 bits per heavy atom. The van der Waals surface area contributed by atoms with E-state index in [1.165, 1.54) is 52.7 Å². The van der Waals surface area contributed by atoms with E-state index in [9.17, 15) is 8.42 Å². The largest absolute Gasteiger partial charge is 0.497 e. The molecule has 11 heteroatoms. The van der Waals surface area contributed by atoms with Gasteiger partial charge in [0, 0.05) is 0 Å². The molecule has 0 aliphatic rings. The molecule has 0 aliphatic heterocycles. The van der Waals surface area contributed by atoms with E-state index in [4.69, 9.17) is 28.4 Å². The predicted molar refractivity (Wildman–Crippen MR) is 164 cm³/mol. The number of nitrogens with zero attached hydrogens (tertiary/aromatic N) is 2. The summed E-state index contributed by atoms with van der Waals surface area (Å²) in [5.41, 5.74) is 1.82. The third kappa shape index (κ3) is 6.90. The van der Waals surface area contributed by atoms with Crippen LogP contribution in [-0.2, 0) is 19.3 Å². The molecule has 0 saturated carbocycles. The molecule has 0 spiro atoms. The second-order valence-electron chi connectivity index (χ2n) is 8.87. The Hall–Kier alpha value is -5.03. The van der Waals surface area contributed by atoms with Crippen LogP contribution >= 0.6 is 0 Å². The number of hydrogen-bond acceptors (Lipinski definition) is 10. The van der Waals surface area contributed by atoms with Gasteiger partial charge in [-0.15, -0.1) is 0 Å². The van der Waals surface area contributed by atoms with Crippen LogP contribution in [0, 0.1) is 0 Å². The van der Waals surface area contributed by atoms with Crippen LogP contribution in [0.15, 0.2) is 105 Å². The quantitative estimate of drug-likeness (QED) is 0.160. The summed E-state index contributed by atoms with van der Waals surface area (Å²) >= 11 is 0. The fraction of sp³-hybridized carbons (Fsp3) is 0.188. The van der Waals surface area contributed by atoms with Crippen LogP contribution in [0.25, 0.3) is 0 Å². The maximum atomic E-state index is 13.7. The molecule has 0 radical (unpaired) electrons. The monoisotopic (exact) mass is 604 g/mol. The van der Waals surface area contributed by atoms with Gasteiger partial charge in [-0.2, -0.15) is 0 Å². The van der Waals surface area contributed by atoms with E-state index in [2.05, 4.69) is 9.98 Å². The standard InChI is InChI=1S/C32H32N2O8S/c1-37-23-13-15-29(39-3)27(19-23)31(41-5)33-21-9-7-11-25(17-21)43(35,36)26-12-8-10-22(18-26)34-32(42-6)28-20-24(38-2)14-16-30(28)40-4/h7-20H,1-6H3/b33-31-,34-32-. The Bertz CT molecular complexity index is 1640. The Morgan fingerprint density at radius 3 is 1.30 bits per heavy atom. The average molecular weight is 605 g/mol. The number of sulfone groups is 1. The number of ether oxygens (including phenoxy) is 6. The number of aliphatic imine (C=N–C) groups is 2. The van der Waals surface area contributed by atoms with Crippen LogP contribution in [-0.4, -0.2) is 62.9 Å². The molecular formula is C32H32N2O8S. The second-order valence-corrected chi connectivity index (χ2v) is 10.8. The van der Waals surface area contributed by atoms with Crippen LogP contribution in [0.5, 0.6) is 23.0 Å². The lowest BCUT2D eigenvalue weighted by Crippen LogP contribution is -2.07. The number of hydrogen-bond donors (Lipinski definition) is 0. The predicted octanol–water partition coefficient (Wildman–Crippen LogP) is 6.00. The summed E-state index contributed by atoms with van der Waals surface area (Å²) in [6.45, 7) is 0. The van der Waals surface area contributed by atoms with Crippen molar-refractivity contribution in [2.45, 2.75) is 9.79 Å². The lowest BCUT2D eigenvalue weighted by molar-refractivity contribution is 0.385. The summed E-state index contributed by atoms with van der Waals surface area (Å²) in [7, 11) is 5.16. The van der Waals surface area contributed by atoms with Gasteiger partial charge in [0.15, 0.2) is 0 Å². The van der Waals surface area contributed by atoms with Crippen molar-refractivity contribution in [1.82, 2.24) is 0 Å². The molecule has 0 bridgehead atoms. The maximum Gasteiger partial charge on any atom is 0.224 e. The molecule has 0 N–H and O–H groups in total. The lowest BCUT2D eigenvalue weighted by Gasteiger charge is -2.12. The molecule has 0 unspecified atom stereocenters. The summed E-state index contributed by atoms with van der Waals surface area (Å²) in [4.78, 5) is 9.22. The summed E-state index contributed by atoms with van der Waals surface area (Å²) in [5.74, 6) is 2.65. The van der Waals surface area contributed by atoms with Crippen molar-refractivity contribution in [3.8, 4) is 23.0 Å². The molecule has 0 heterocycles. The fourth-order valence-corrected chi connectivity index (χ4v) is 5.54. The average Bonchev–Trinajstić information content (AvgIpc) is 3.05. The van der Waals surface area contributed by atoms with E-state index < -0.39 is 9.84 Å². The summed E-state index contributed by atoms with van der Waals surface area (Å²) in [6.07, 6.45) is 0. The molecule has 0 aromatic heterocycles. The highest BCUT2D eigenvalue weighted by Gasteiger charge is 2.20. The highest BCUT2D eigenvalue weighted by atomic mass is 32.2. The first-order chi connectivity index (χ1) is 20.8. The molecule has 0 atom stereocenters. The smallest absolute Gasteiger partial charge is 0.224 e. The van der Waals surface area contributed by atoms with Crippen LogP contribution in [0.2, 0.25) is 0 Å². The third-order valence-electron chi connectivity index (χ3n) is 6.38. The first kappa shape index (κ1) is 30.9. The molecular weight excluding hydrogens is 572 g/mol. The van der Waals surface area contributed by atoms with Gasteiger partial charge in [-0.3, -0.25) is 0 Å². The molecule has 4 aromatic rings. The van der Waals surface area contributed by atoms with E-state index in [-0.39, 0.29) is 21.6 Å².